The van der Waals surface area contributed by atoms with Crippen molar-refractivity contribution in [2.24, 2.45) is 5.14 Å². The van der Waals surface area contributed by atoms with Crippen molar-refractivity contribution in [3.8, 4) is 0 Å². The Kier molecular flexibility index (Phi) is 5.10. The van der Waals surface area contributed by atoms with Crippen LogP contribution in [-0.2, 0) is 32.5 Å². The number of likely N-dealkylation sites (tertiary alicyclic amines) is 1. The number of sulfonamides is 1. The lowest BCUT2D eigenvalue weighted by atomic mass is 10.1. The van der Waals surface area contributed by atoms with E-state index in [9.17, 15) is 18.0 Å². The first-order chi connectivity index (χ1) is 11.8. The van der Waals surface area contributed by atoms with Crippen molar-refractivity contribution in [3.05, 3.63) is 35.4 Å². The van der Waals surface area contributed by atoms with Gasteiger partial charge in [0.15, 0.2) is 0 Å². The molecule has 0 spiro atoms. The number of benzene rings is 1. The maximum absolute atomic E-state index is 12.3. The predicted octanol–water partition coefficient (Wildman–Crippen LogP) is -0.0604. The Labute approximate surface area is 147 Å². The average Bonchev–Trinajstić information content (AvgIpc) is 3.08. The quantitative estimate of drug-likeness (QED) is 0.736. The number of nitrogens with one attached hydrogen (secondary N) is 1. The van der Waals surface area contributed by atoms with Crippen LogP contribution in [0.15, 0.2) is 24.3 Å². The van der Waals surface area contributed by atoms with Gasteiger partial charge >= 0.3 is 0 Å². The summed E-state index contributed by atoms with van der Waals surface area (Å²) in [5.74, 6) is -0.387. The first-order valence-corrected chi connectivity index (χ1v) is 10.2. The number of nitrogens with zero attached hydrogens (tertiary/aromatic N) is 1. The van der Waals surface area contributed by atoms with Crippen LogP contribution in [0.2, 0.25) is 0 Å². The Hall–Kier alpha value is -1.93. The van der Waals surface area contributed by atoms with Gasteiger partial charge in [0.1, 0.15) is 0 Å². The largest absolute Gasteiger partial charge is 0.351 e. The van der Waals surface area contributed by atoms with Gasteiger partial charge in [-0.2, -0.15) is 0 Å². The van der Waals surface area contributed by atoms with Gasteiger partial charge in [0.2, 0.25) is 21.8 Å². The summed E-state index contributed by atoms with van der Waals surface area (Å²) < 4.78 is 21.8. The highest BCUT2D eigenvalue weighted by atomic mass is 32.2. The Morgan fingerprint density at radius 1 is 1.20 bits per heavy atom. The smallest absolute Gasteiger partial charge is 0.225 e. The molecule has 0 unspecified atom stereocenters. The fourth-order valence-corrected chi connectivity index (χ4v) is 4.22. The van der Waals surface area contributed by atoms with Crippen LogP contribution in [0.5, 0.6) is 0 Å². The van der Waals surface area contributed by atoms with Crippen molar-refractivity contribution in [1.82, 2.24) is 10.2 Å². The number of rotatable bonds is 6. The molecule has 0 bridgehead atoms. The van der Waals surface area contributed by atoms with Crippen molar-refractivity contribution < 1.29 is 18.0 Å². The molecular weight excluding hydrogens is 342 g/mol. The van der Waals surface area contributed by atoms with E-state index in [4.69, 9.17) is 5.14 Å². The molecule has 1 aliphatic heterocycles. The molecular formula is C17H23N3O4S. The summed E-state index contributed by atoms with van der Waals surface area (Å²) in [5.41, 5.74) is 2.58. The van der Waals surface area contributed by atoms with Gasteiger partial charge in [-0.15, -0.1) is 0 Å². The normalized spacial score (nSPS) is 20.8. The molecule has 136 valence electrons. The van der Waals surface area contributed by atoms with Gasteiger partial charge in [0.05, 0.1) is 11.8 Å². The van der Waals surface area contributed by atoms with E-state index in [0.29, 0.717) is 13.0 Å². The summed E-state index contributed by atoms with van der Waals surface area (Å²) in [6.07, 6.45) is 2.30. The standard InChI is InChI=1S/C17H23N3O4S/c18-25(23,24)7-3-6-16(21)19-14-10-17(22)20(11-14)15-8-12-4-1-2-5-13(12)9-15/h1-2,4-5,14-15H,3,6-11H2,(H,19,21)(H2,18,23,24)/t14-/m0/s1. The first kappa shape index (κ1) is 17.9. The predicted molar refractivity (Wildman–Crippen MR) is 93.1 cm³/mol. The van der Waals surface area contributed by atoms with E-state index in [2.05, 4.69) is 17.4 Å². The third-order valence-corrected chi connectivity index (χ3v) is 5.68. The zero-order valence-corrected chi connectivity index (χ0v) is 14.8. The summed E-state index contributed by atoms with van der Waals surface area (Å²) in [4.78, 5) is 26.1. The number of primary sulfonamides is 1. The Morgan fingerprint density at radius 3 is 2.44 bits per heavy atom. The second-order valence-corrected chi connectivity index (χ2v) is 8.55. The molecule has 1 heterocycles. The molecule has 25 heavy (non-hydrogen) atoms. The summed E-state index contributed by atoms with van der Waals surface area (Å²) in [7, 11) is -3.54. The van der Waals surface area contributed by atoms with Crippen LogP contribution in [0.3, 0.4) is 0 Å². The first-order valence-electron chi connectivity index (χ1n) is 8.48. The van der Waals surface area contributed by atoms with E-state index >= 15 is 0 Å². The van der Waals surface area contributed by atoms with Gasteiger partial charge in [-0.3, -0.25) is 9.59 Å². The molecule has 1 saturated heterocycles. The average molecular weight is 365 g/mol. The number of amides is 2. The minimum Gasteiger partial charge on any atom is -0.351 e. The minimum absolute atomic E-state index is 0.0626. The van der Waals surface area contributed by atoms with E-state index in [1.54, 1.807) is 0 Å². The molecule has 8 heteroatoms. The summed E-state index contributed by atoms with van der Waals surface area (Å²) in [6.45, 7) is 0.512. The van der Waals surface area contributed by atoms with E-state index in [1.807, 2.05) is 17.0 Å². The molecule has 3 N–H and O–H groups in total. The summed E-state index contributed by atoms with van der Waals surface area (Å²) in [5, 5.41) is 7.75. The highest BCUT2D eigenvalue weighted by molar-refractivity contribution is 7.89. The van der Waals surface area contributed by atoms with Crippen LogP contribution in [0.1, 0.15) is 30.4 Å². The van der Waals surface area contributed by atoms with Crippen LogP contribution < -0.4 is 10.5 Å². The minimum atomic E-state index is -3.54. The Balaban J connectivity index is 1.49. The number of hydrogen-bond donors (Lipinski definition) is 2. The highest BCUT2D eigenvalue weighted by Gasteiger charge is 2.37. The van der Waals surface area contributed by atoms with Gasteiger partial charge in [-0.1, -0.05) is 24.3 Å². The molecule has 1 aromatic carbocycles. The van der Waals surface area contributed by atoms with Crippen LogP contribution in [0.4, 0.5) is 0 Å². The van der Waals surface area contributed by atoms with Crippen molar-refractivity contribution in [1.29, 1.82) is 0 Å². The maximum Gasteiger partial charge on any atom is 0.225 e. The lowest BCUT2D eigenvalue weighted by Gasteiger charge is -2.24. The van der Waals surface area contributed by atoms with Crippen molar-refractivity contribution in [3.63, 3.8) is 0 Å². The van der Waals surface area contributed by atoms with Crippen LogP contribution in [-0.4, -0.2) is 49.5 Å². The topological polar surface area (TPSA) is 110 Å². The van der Waals surface area contributed by atoms with Crippen molar-refractivity contribution in [2.75, 3.05) is 12.3 Å². The molecule has 7 nitrogen and oxygen atoms in total. The SMILES string of the molecule is NS(=O)(=O)CCCC(=O)N[C@H]1CC(=O)N(C2Cc3ccccc3C2)C1. The highest BCUT2D eigenvalue weighted by Crippen LogP contribution is 2.28. The van der Waals surface area contributed by atoms with Gasteiger partial charge in [-0.25, -0.2) is 13.6 Å². The van der Waals surface area contributed by atoms with Crippen LogP contribution in [0, 0.1) is 0 Å². The zero-order chi connectivity index (χ0) is 18.0. The summed E-state index contributed by atoms with van der Waals surface area (Å²) >= 11 is 0. The molecule has 0 aromatic heterocycles. The molecule has 1 aromatic rings. The number of carbonyl (C=O) groups is 2. The van der Waals surface area contributed by atoms with E-state index in [0.717, 1.165) is 12.8 Å². The molecule has 3 rings (SSSR count). The fourth-order valence-electron chi connectivity index (χ4n) is 3.67. The number of hydrogen-bond acceptors (Lipinski definition) is 4. The lowest BCUT2D eigenvalue weighted by Crippen LogP contribution is -2.41. The second-order valence-electron chi connectivity index (χ2n) is 6.82. The number of carbonyl (C=O) groups excluding carboxylic acids is 2. The van der Waals surface area contributed by atoms with Crippen LogP contribution in [0.25, 0.3) is 0 Å². The van der Waals surface area contributed by atoms with Gasteiger partial charge in [-0.05, 0) is 30.4 Å². The van der Waals surface area contributed by atoms with E-state index in [1.165, 1.54) is 11.1 Å². The van der Waals surface area contributed by atoms with Crippen molar-refractivity contribution >= 4 is 21.8 Å². The molecule has 0 saturated carbocycles. The number of nitrogens with two attached hydrogens (primary N) is 1. The molecule has 1 aliphatic carbocycles. The van der Waals surface area contributed by atoms with Crippen molar-refractivity contribution in [2.45, 2.75) is 44.2 Å². The molecule has 1 atom stereocenters. The Bertz CT molecular complexity index is 753. The molecule has 1 fully saturated rings. The molecule has 2 aliphatic rings. The van der Waals surface area contributed by atoms with E-state index < -0.39 is 10.0 Å². The fraction of sp³-hybridized carbons (Fsp3) is 0.529. The zero-order valence-electron chi connectivity index (χ0n) is 14.0. The number of fused-ring (bicyclic) bond motifs is 1. The van der Waals surface area contributed by atoms with Gasteiger partial charge in [0.25, 0.3) is 0 Å². The monoisotopic (exact) mass is 365 g/mol. The second kappa shape index (κ2) is 7.13. The summed E-state index contributed by atoms with van der Waals surface area (Å²) in [6, 6.07) is 8.17. The third kappa shape index (κ3) is 4.58. The maximum atomic E-state index is 12.3. The molecule has 2 amide bonds. The third-order valence-electron chi connectivity index (χ3n) is 4.83. The van der Waals surface area contributed by atoms with E-state index in [-0.39, 0.29) is 42.5 Å². The molecule has 0 radical (unpaired) electrons. The Morgan fingerprint density at radius 2 is 1.84 bits per heavy atom. The lowest BCUT2D eigenvalue weighted by molar-refractivity contribution is -0.129. The van der Waals surface area contributed by atoms with Gasteiger partial charge < -0.3 is 10.2 Å². The van der Waals surface area contributed by atoms with Crippen LogP contribution >= 0.6 is 0 Å². The van der Waals surface area contributed by atoms with Gasteiger partial charge in [0, 0.05) is 25.4 Å².